The summed E-state index contributed by atoms with van der Waals surface area (Å²) in [6.45, 7) is 0. The zero-order valence-corrected chi connectivity index (χ0v) is 10.9. The molecule has 2 N–H and O–H groups in total. The molecule has 6 nitrogen and oxygen atoms in total. The summed E-state index contributed by atoms with van der Waals surface area (Å²) in [4.78, 5) is 17.1. The van der Waals surface area contributed by atoms with Crippen molar-refractivity contribution < 1.29 is 19.0 Å². The molecule has 0 bridgehead atoms. The minimum absolute atomic E-state index is 0.147. The van der Waals surface area contributed by atoms with Gasteiger partial charge in [-0.25, -0.2) is 4.79 Å². The molecule has 0 amide bonds. The number of halogens is 1. The Labute approximate surface area is 115 Å². The maximum absolute atomic E-state index is 11.5. The number of benzene rings is 1. The van der Waals surface area contributed by atoms with Crippen molar-refractivity contribution in [2.24, 2.45) is 0 Å². The molecule has 3 rings (SSSR count). The number of hydrogen-bond acceptors (Lipinski definition) is 6. The van der Waals surface area contributed by atoms with Gasteiger partial charge in [0.15, 0.2) is 6.23 Å². The molecule has 0 aliphatic carbocycles. The number of rotatable bonds is 1. The quantitative estimate of drug-likeness (QED) is 0.789. The van der Waals surface area contributed by atoms with E-state index in [0.717, 1.165) is 5.69 Å². The average molecular weight is 285 g/mol. The van der Waals surface area contributed by atoms with E-state index >= 15 is 0 Å². The molecule has 3 unspecified atom stereocenters. The largest absolute Gasteiger partial charge is 0.381 e. The van der Waals surface area contributed by atoms with Crippen molar-refractivity contribution in [3.8, 4) is 0 Å². The predicted molar refractivity (Wildman–Crippen MR) is 67.1 cm³/mol. The van der Waals surface area contributed by atoms with Gasteiger partial charge in [0, 0.05) is 19.0 Å². The summed E-state index contributed by atoms with van der Waals surface area (Å²) >= 11 is 5.08. The first-order chi connectivity index (χ1) is 9.06. The van der Waals surface area contributed by atoms with E-state index < -0.39 is 23.8 Å². The summed E-state index contributed by atoms with van der Waals surface area (Å²) < 4.78 is 4.19. The summed E-state index contributed by atoms with van der Waals surface area (Å²) in [5, 5.41) is 15.3. The first-order valence-corrected chi connectivity index (χ1v) is 6.18. The molecule has 0 aromatic heterocycles. The second-order valence-corrected chi connectivity index (χ2v) is 4.90. The number of carbonyl (C=O) groups excluding carboxylic acids is 1. The SMILES string of the molecule is CN1OC2NC(C(=O)OCl)CC2(O)c2ccccc21. The van der Waals surface area contributed by atoms with Crippen LogP contribution in [-0.2, 0) is 19.5 Å². The number of nitrogens with one attached hydrogen (secondary N) is 1. The van der Waals surface area contributed by atoms with Crippen LogP contribution in [0.3, 0.4) is 0 Å². The van der Waals surface area contributed by atoms with E-state index in [2.05, 4.69) is 9.61 Å². The number of nitrogens with zero attached hydrogens (tertiary/aromatic N) is 1. The molecule has 19 heavy (non-hydrogen) atoms. The number of para-hydroxylation sites is 1. The van der Waals surface area contributed by atoms with Crippen LogP contribution in [0.2, 0.25) is 0 Å². The lowest BCUT2D eigenvalue weighted by Gasteiger charge is -2.40. The van der Waals surface area contributed by atoms with Gasteiger partial charge in [-0.1, -0.05) is 18.2 Å². The minimum atomic E-state index is -1.28. The Morgan fingerprint density at radius 1 is 1.63 bits per heavy atom. The molecule has 1 aromatic carbocycles. The highest BCUT2D eigenvalue weighted by Gasteiger charge is 2.55. The number of carbonyl (C=O) groups is 1. The van der Waals surface area contributed by atoms with Gasteiger partial charge in [0.2, 0.25) is 0 Å². The van der Waals surface area contributed by atoms with Crippen LogP contribution in [0.15, 0.2) is 24.3 Å². The van der Waals surface area contributed by atoms with Crippen molar-refractivity contribution in [3.63, 3.8) is 0 Å². The standard InChI is InChI=1S/C12H13ClN2O4/c1-15-9-5-3-2-4-7(9)12(17)6-8(10(16)18-13)14-11(12)19-15/h2-5,8,11,14,17H,6H2,1H3. The zero-order valence-electron chi connectivity index (χ0n) is 10.2. The normalized spacial score (nSPS) is 32.7. The van der Waals surface area contributed by atoms with Crippen LogP contribution in [-0.4, -0.2) is 30.4 Å². The van der Waals surface area contributed by atoms with Crippen molar-refractivity contribution in [1.82, 2.24) is 5.32 Å². The monoisotopic (exact) mass is 284 g/mol. The molecular formula is C12H13ClN2O4. The molecule has 3 atom stereocenters. The van der Waals surface area contributed by atoms with Gasteiger partial charge >= 0.3 is 5.97 Å². The van der Waals surface area contributed by atoms with Crippen molar-refractivity contribution >= 4 is 23.5 Å². The Kier molecular flexibility index (Phi) is 2.90. The van der Waals surface area contributed by atoms with Crippen molar-refractivity contribution in [2.75, 3.05) is 12.1 Å². The Balaban J connectivity index is 2.01. The van der Waals surface area contributed by atoms with Crippen LogP contribution in [0, 0.1) is 0 Å². The number of aliphatic hydroxyl groups is 1. The minimum Gasteiger partial charge on any atom is -0.381 e. The lowest BCUT2D eigenvalue weighted by Crippen LogP contribution is -2.51. The fourth-order valence-electron chi connectivity index (χ4n) is 2.70. The van der Waals surface area contributed by atoms with Crippen molar-refractivity contribution in [3.05, 3.63) is 29.8 Å². The van der Waals surface area contributed by atoms with Crippen LogP contribution in [0.1, 0.15) is 12.0 Å². The van der Waals surface area contributed by atoms with Crippen LogP contribution in [0.4, 0.5) is 5.69 Å². The van der Waals surface area contributed by atoms with Crippen LogP contribution in [0.5, 0.6) is 0 Å². The lowest BCUT2D eigenvalue weighted by atomic mass is 9.87. The Hall–Kier alpha value is -1.34. The van der Waals surface area contributed by atoms with Gasteiger partial charge in [0.25, 0.3) is 0 Å². The van der Waals surface area contributed by atoms with E-state index in [9.17, 15) is 9.90 Å². The topological polar surface area (TPSA) is 71.0 Å². The average Bonchev–Trinajstić information content (AvgIpc) is 2.77. The van der Waals surface area contributed by atoms with Crippen molar-refractivity contribution in [2.45, 2.75) is 24.3 Å². The Morgan fingerprint density at radius 2 is 2.37 bits per heavy atom. The second kappa shape index (κ2) is 4.35. The molecule has 0 radical (unpaired) electrons. The Bertz CT molecular complexity index is 526. The third-order valence-corrected chi connectivity index (χ3v) is 3.79. The highest BCUT2D eigenvalue weighted by atomic mass is 35.5. The first kappa shape index (κ1) is 12.7. The maximum Gasteiger partial charge on any atom is 0.341 e. The molecule has 2 heterocycles. The smallest absolute Gasteiger partial charge is 0.341 e. The molecule has 1 fully saturated rings. The van der Waals surface area contributed by atoms with Gasteiger partial charge in [0.05, 0.1) is 5.69 Å². The number of fused-ring (bicyclic) bond motifs is 3. The van der Waals surface area contributed by atoms with Gasteiger partial charge in [-0.15, -0.1) is 0 Å². The molecule has 2 aliphatic rings. The molecular weight excluding hydrogens is 272 g/mol. The molecule has 102 valence electrons. The van der Waals surface area contributed by atoms with Crippen LogP contribution >= 0.6 is 11.9 Å². The highest BCUT2D eigenvalue weighted by Crippen LogP contribution is 2.44. The van der Waals surface area contributed by atoms with Crippen LogP contribution in [0.25, 0.3) is 0 Å². The predicted octanol–water partition coefficient (Wildman–Crippen LogP) is 0.641. The number of anilines is 1. The van der Waals surface area contributed by atoms with E-state index in [1.165, 1.54) is 0 Å². The lowest BCUT2D eigenvalue weighted by molar-refractivity contribution is -0.136. The maximum atomic E-state index is 11.5. The third-order valence-electron chi connectivity index (χ3n) is 3.64. The van der Waals surface area contributed by atoms with E-state index in [4.69, 9.17) is 16.7 Å². The molecule has 1 aromatic rings. The highest BCUT2D eigenvalue weighted by molar-refractivity contribution is 6.13. The molecule has 2 aliphatic heterocycles. The summed E-state index contributed by atoms with van der Waals surface area (Å²) in [5.74, 6) is -0.631. The van der Waals surface area contributed by atoms with Gasteiger partial charge < -0.3 is 9.40 Å². The summed E-state index contributed by atoms with van der Waals surface area (Å²) in [7, 11) is 1.74. The number of hydroxylamine groups is 1. The molecule has 1 saturated heterocycles. The van der Waals surface area contributed by atoms with Gasteiger partial charge in [-0.2, -0.15) is 0 Å². The van der Waals surface area contributed by atoms with Crippen molar-refractivity contribution in [1.29, 1.82) is 0 Å². The molecule has 0 saturated carbocycles. The first-order valence-electron chi connectivity index (χ1n) is 5.87. The summed E-state index contributed by atoms with van der Waals surface area (Å²) in [6.07, 6.45) is -0.568. The van der Waals surface area contributed by atoms with Gasteiger partial charge in [0.1, 0.15) is 23.5 Å². The third kappa shape index (κ3) is 1.80. The van der Waals surface area contributed by atoms with Gasteiger partial charge in [-0.3, -0.25) is 15.2 Å². The van der Waals surface area contributed by atoms with E-state index in [1.807, 2.05) is 24.3 Å². The number of hydrogen-bond donors (Lipinski definition) is 2. The summed E-state index contributed by atoms with van der Waals surface area (Å²) in [5.41, 5.74) is 0.202. The fraction of sp³-hybridized carbons (Fsp3) is 0.417. The second-order valence-electron chi connectivity index (χ2n) is 4.74. The zero-order chi connectivity index (χ0) is 13.6. The van der Waals surface area contributed by atoms with Crippen LogP contribution < -0.4 is 10.4 Å². The van der Waals surface area contributed by atoms with E-state index in [-0.39, 0.29) is 6.42 Å². The van der Waals surface area contributed by atoms with E-state index in [1.54, 1.807) is 12.1 Å². The Morgan fingerprint density at radius 3 is 3.11 bits per heavy atom. The summed E-state index contributed by atoms with van der Waals surface area (Å²) in [6, 6.07) is 6.65. The molecule has 7 heteroatoms. The molecule has 0 spiro atoms. The fourth-order valence-corrected chi connectivity index (χ4v) is 2.81. The van der Waals surface area contributed by atoms with E-state index in [0.29, 0.717) is 5.56 Å². The van der Waals surface area contributed by atoms with Gasteiger partial charge in [-0.05, 0) is 6.07 Å².